The molecule has 0 aliphatic heterocycles. The van der Waals surface area contributed by atoms with Crippen LogP contribution in [0.4, 0.5) is 0 Å². The Kier molecular flexibility index (Phi) is 3.90. The molecule has 0 aliphatic rings. The topological polar surface area (TPSA) is 25.8 Å². The first-order valence-corrected chi connectivity index (χ1v) is 10.8. The summed E-state index contributed by atoms with van der Waals surface area (Å²) in [6, 6.07) is 32.2. The maximum absolute atomic E-state index is 4.94. The van der Waals surface area contributed by atoms with E-state index in [1.54, 1.807) is 11.3 Å². The summed E-state index contributed by atoms with van der Waals surface area (Å²) in [6.45, 7) is 1.98. The van der Waals surface area contributed by atoms with E-state index in [0.717, 1.165) is 27.3 Å². The van der Waals surface area contributed by atoms with Gasteiger partial charge in [0.1, 0.15) is 10.7 Å². The molecule has 6 rings (SSSR count). The molecule has 0 unspecified atom stereocenters. The predicted octanol–water partition coefficient (Wildman–Crippen LogP) is 7.64. The van der Waals surface area contributed by atoms with Gasteiger partial charge in [-0.05, 0) is 34.9 Å². The Bertz CT molecular complexity index is 1550. The Morgan fingerprint density at radius 2 is 1.23 bits per heavy atom. The zero-order chi connectivity index (χ0) is 20.1. The van der Waals surface area contributed by atoms with Crippen LogP contribution in [0.3, 0.4) is 0 Å². The SMILES string of the molecule is Cc1nc(-c2ccc(-c3ccccc3)c3ccccc23)c2c(n1)sc1ccccc12. The fourth-order valence-corrected chi connectivity index (χ4v) is 5.42. The highest BCUT2D eigenvalue weighted by atomic mass is 32.1. The van der Waals surface area contributed by atoms with Crippen LogP contribution in [0.1, 0.15) is 5.82 Å². The molecule has 0 atom stereocenters. The minimum absolute atomic E-state index is 0.806. The third-order valence-corrected chi connectivity index (χ3v) is 6.68. The molecule has 0 saturated carbocycles. The van der Waals surface area contributed by atoms with Gasteiger partial charge in [-0.25, -0.2) is 9.97 Å². The minimum atomic E-state index is 0.806. The highest BCUT2D eigenvalue weighted by Crippen LogP contribution is 2.41. The number of aromatic nitrogens is 2. The van der Waals surface area contributed by atoms with Crippen LogP contribution in [0, 0.1) is 6.92 Å². The molecule has 2 heterocycles. The van der Waals surface area contributed by atoms with E-state index in [-0.39, 0.29) is 0 Å². The van der Waals surface area contributed by atoms with Crippen LogP contribution in [0.25, 0.3) is 53.5 Å². The van der Waals surface area contributed by atoms with Crippen molar-refractivity contribution in [3.05, 3.63) is 96.8 Å². The van der Waals surface area contributed by atoms with Crippen molar-refractivity contribution in [2.24, 2.45) is 0 Å². The maximum atomic E-state index is 4.94. The van der Waals surface area contributed by atoms with Crippen molar-refractivity contribution >= 4 is 42.4 Å². The summed E-state index contributed by atoms with van der Waals surface area (Å²) in [7, 11) is 0. The van der Waals surface area contributed by atoms with Crippen molar-refractivity contribution in [2.45, 2.75) is 6.92 Å². The lowest BCUT2D eigenvalue weighted by molar-refractivity contribution is 1.10. The van der Waals surface area contributed by atoms with E-state index in [2.05, 4.69) is 91.0 Å². The summed E-state index contributed by atoms with van der Waals surface area (Å²) < 4.78 is 1.25. The van der Waals surface area contributed by atoms with Gasteiger partial charge in [-0.3, -0.25) is 0 Å². The largest absolute Gasteiger partial charge is 0.232 e. The Hall–Kier alpha value is -3.56. The quantitative estimate of drug-likeness (QED) is 0.297. The third kappa shape index (κ3) is 2.63. The van der Waals surface area contributed by atoms with Gasteiger partial charge < -0.3 is 0 Å². The van der Waals surface area contributed by atoms with Crippen molar-refractivity contribution in [3.63, 3.8) is 0 Å². The van der Waals surface area contributed by atoms with Gasteiger partial charge in [0, 0.05) is 21.0 Å². The van der Waals surface area contributed by atoms with Gasteiger partial charge in [0.15, 0.2) is 0 Å². The molecule has 6 aromatic rings. The molecule has 2 aromatic heterocycles. The van der Waals surface area contributed by atoms with Crippen molar-refractivity contribution in [1.82, 2.24) is 9.97 Å². The summed E-state index contributed by atoms with van der Waals surface area (Å²) in [6.07, 6.45) is 0. The van der Waals surface area contributed by atoms with Crippen LogP contribution >= 0.6 is 11.3 Å². The van der Waals surface area contributed by atoms with E-state index < -0.39 is 0 Å². The lowest BCUT2D eigenvalue weighted by atomic mass is 9.93. The van der Waals surface area contributed by atoms with Gasteiger partial charge in [-0.2, -0.15) is 0 Å². The molecule has 0 radical (unpaired) electrons. The molecule has 0 saturated heterocycles. The normalized spacial score (nSPS) is 11.5. The van der Waals surface area contributed by atoms with E-state index in [9.17, 15) is 0 Å². The first-order chi connectivity index (χ1) is 14.8. The van der Waals surface area contributed by atoms with Crippen molar-refractivity contribution in [2.75, 3.05) is 0 Å². The fourth-order valence-electron chi connectivity index (χ4n) is 4.30. The molecule has 0 N–H and O–H groups in total. The zero-order valence-electron chi connectivity index (χ0n) is 16.5. The molecular formula is C27H18N2S. The standard InChI is InChI=1S/C27H18N2S/c1-17-28-26(25-23-13-7-8-14-24(23)30-27(25)29-17)22-16-15-19(18-9-3-2-4-10-18)20-11-5-6-12-21(20)22/h2-16H,1H3. The maximum Gasteiger partial charge on any atom is 0.128 e. The molecule has 0 fully saturated rings. The number of thiophene rings is 1. The van der Waals surface area contributed by atoms with Crippen molar-refractivity contribution < 1.29 is 0 Å². The van der Waals surface area contributed by atoms with Crippen LogP contribution < -0.4 is 0 Å². The van der Waals surface area contributed by atoms with Crippen LogP contribution in [0.2, 0.25) is 0 Å². The van der Waals surface area contributed by atoms with E-state index in [1.807, 2.05) is 6.92 Å². The number of benzene rings is 4. The molecular weight excluding hydrogens is 384 g/mol. The van der Waals surface area contributed by atoms with Gasteiger partial charge >= 0.3 is 0 Å². The Balaban J connectivity index is 1.72. The monoisotopic (exact) mass is 402 g/mol. The predicted molar refractivity (Wildman–Crippen MR) is 128 cm³/mol. The molecule has 4 aromatic carbocycles. The number of aryl methyl sites for hydroxylation is 1. The van der Waals surface area contributed by atoms with Crippen molar-refractivity contribution in [1.29, 1.82) is 0 Å². The average molecular weight is 403 g/mol. The fraction of sp³-hybridized carbons (Fsp3) is 0.0370. The number of hydrogen-bond acceptors (Lipinski definition) is 3. The highest BCUT2D eigenvalue weighted by Gasteiger charge is 2.17. The van der Waals surface area contributed by atoms with Gasteiger partial charge in [0.2, 0.25) is 0 Å². The molecule has 0 aliphatic carbocycles. The van der Waals surface area contributed by atoms with E-state index in [0.29, 0.717) is 0 Å². The molecule has 142 valence electrons. The van der Waals surface area contributed by atoms with Gasteiger partial charge in [0.25, 0.3) is 0 Å². The van der Waals surface area contributed by atoms with Crippen LogP contribution in [0.15, 0.2) is 91.0 Å². The van der Waals surface area contributed by atoms with Gasteiger partial charge in [-0.1, -0.05) is 84.9 Å². The number of hydrogen-bond donors (Lipinski definition) is 0. The third-order valence-electron chi connectivity index (χ3n) is 5.61. The number of nitrogens with zero attached hydrogens (tertiary/aromatic N) is 2. The summed E-state index contributed by atoms with van der Waals surface area (Å²) in [4.78, 5) is 10.7. The first kappa shape index (κ1) is 17.3. The summed E-state index contributed by atoms with van der Waals surface area (Å²) >= 11 is 1.74. The second-order valence-corrected chi connectivity index (χ2v) is 8.50. The van der Waals surface area contributed by atoms with Crippen LogP contribution in [-0.2, 0) is 0 Å². The molecule has 2 nitrogen and oxygen atoms in total. The Morgan fingerprint density at radius 3 is 2.03 bits per heavy atom. The van der Waals surface area contributed by atoms with Crippen molar-refractivity contribution in [3.8, 4) is 22.4 Å². The zero-order valence-corrected chi connectivity index (χ0v) is 17.3. The molecule has 0 amide bonds. The minimum Gasteiger partial charge on any atom is -0.232 e. The summed E-state index contributed by atoms with van der Waals surface area (Å²) in [5.74, 6) is 0.806. The summed E-state index contributed by atoms with van der Waals surface area (Å²) in [5.41, 5.74) is 4.65. The van der Waals surface area contributed by atoms with E-state index in [4.69, 9.17) is 9.97 Å². The van der Waals surface area contributed by atoms with Gasteiger partial charge in [-0.15, -0.1) is 11.3 Å². The second-order valence-electron chi connectivity index (χ2n) is 7.47. The second kappa shape index (κ2) is 6.75. The lowest BCUT2D eigenvalue weighted by Gasteiger charge is -2.13. The van der Waals surface area contributed by atoms with E-state index >= 15 is 0 Å². The molecule has 30 heavy (non-hydrogen) atoms. The average Bonchev–Trinajstić information content (AvgIpc) is 3.16. The van der Waals surface area contributed by atoms with Gasteiger partial charge in [0.05, 0.1) is 5.69 Å². The smallest absolute Gasteiger partial charge is 0.128 e. The number of rotatable bonds is 2. The lowest BCUT2D eigenvalue weighted by Crippen LogP contribution is -1.94. The Labute approximate surface area is 178 Å². The molecule has 0 spiro atoms. The molecule has 0 bridgehead atoms. The number of fused-ring (bicyclic) bond motifs is 4. The Morgan fingerprint density at radius 1 is 0.600 bits per heavy atom. The first-order valence-electron chi connectivity index (χ1n) is 10.0. The van der Waals surface area contributed by atoms with Crippen LogP contribution in [-0.4, -0.2) is 9.97 Å². The van der Waals surface area contributed by atoms with E-state index in [1.165, 1.54) is 32.0 Å². The summed E-state index contributed by atoms with van der Waals surface area (Å²) in [5, 5.41) is 4.83. The van der Waals surface area contributed by atoms with Crippen LogP contribution in [0.5, 0.6) is 0 Å². The highest BCUT2D eigenvalue weighted by molar-refractivity contribution is 7.25. The molecule has 3 heteroatoms.